The van der Waals surface area contributed by atoms with Gasteiger partial charge in [0.05, 0.1) is 26.7 Å². The molecule has 3 aromatic rings. The van der Waals surface area contributed by atoms with E-state index in [0.717, 1.165) is 16.7 Å². The van der Waals surface area contributed by atoms with Crippen LogP contribution in [0, 0.1) is 0 Å². The molecular formula is C32H37NO7. The van der Waals surface area contributed by atoms with E-state index in [1.165, 1.54) is 0 Å². The van der Waals surface area contributed by atoms with Crippen molar-refractivity contribution in [3.8, 4) is 11.5 Å². The molecule has 0 saturated carbocycles. The predicted molar refractivity (Wildman–Crippen MR) is 149 cm³/mol. The zero-order valence-corrected chi connectivity index (χ0v) is 23.6. The van der Waals surface area contributed by atoms with Gasteiger partial charge in [0.25, 0.3) is 0 Å². The maximum absolute atomic E-state index is 14.6. The third-order valence-corrected chi connectivity index (χ3v) is 7.44. The molecule has 2 heterocycles. The Morgan fingerprint density at radius 3 is 2.12 bits per heavy atom. The Kier molecular flexibility index (Phi) is 8.42. The minimum atomic E-state index is -0.769. The number of ether oxygens (including phenoxy) is 6. The highest BCUT2D eigenvalue weighted by Gasteiger charge is 2.55. The van der Waals surface area contributed by atoms with Crippen LogP contribution in [-0.2, 0) is 30.3 Å². The van der Waals surface area contributed by atoms with Gasteiger partial charge in [0.1, 0.15) is 29.8 Å². The monoisotopic (exact) mass is 547 g/mol. The van der Waals surface area contributed by atoms with Crippen LogP contribution in [0.1, 0.15) is 36.5 Å². The molecule has 0 bridgehead atoms. The lowest BCUT2D eigenvalue weighted by Crippen LogP contribution is -2.45. The molecule has 3 aromatic carbocycles. The van der Waals surface area contributed by atoms with E-state index >= 15 is 0 Å². The lowest BCUT2D eigenvalue weighted by molar-refractivity contribution is -0.218. The van der Waals surface area contributed by atoms with Gasteiger partial charge in [0.15, 0.2) is 12.1 Å². The summed E-state index contributed by atoms with van der Waals surface area (Å²) in [6, 6.07) is 25.3. The van der Waals surface area contributed by atoms with Crippen molar-refractivity contribution in [2.24, 2.45) is 0 Å². The van der Waals surface area contributed by atoms with E-state index in [9.17, 15) is 4.79 Å². The number of nitrogens with zero attached hydrogens (tertiary/aromatic N) is 1. The van der Waals surface area contributed by atoms with Gasteiger partial charge in [-0.1, -0.05) is 60.7 Å². The maximum Gasteiger partial charge on any atom is 0.234 e. The van der Waals surface area contributed by atoms with Gasteiger partial charge in [0, 0.05) is 25.3 Å². The van der Waals surface area contributed by atoms with Gasteiger partial charge in [-0.05, 0) is 37.1 Å². The minimum Gasteiger partial charge on any atom is -0.497 e. The van der Waals surface area contributed by atoms with E-state index in [0.29, 0.717) is 18.0 Å². The Bertz CT molecular complexity index is 1240. The molecule has 2 aliphatic heterocycles. The van der Waals surface area contributed by atoms with Crippen molar-refractivity contribution in [3.63, 3.8) is 0 Å². The third-order valence-electron chi connectivity index (χ3n) is 7.44. The highest BCUT2D eigenvalue weighted by Crippen LogP contribution is 2.39. The molecule has 8 nitrogen and oxygen atoms in total. The molecule has 212 valence electrons. The minimum absolute atomic E-state index is 0.0621. The predicted octanol–water partition coefficient (Wildman–Crippen LogP) is 4.76. The normalized spacial score (nSPS) is 23.1. The molecule has 2 aliphatic rings. The average Bonchev–Trinajstić information content (AvgIpc) is 3.44. The second-order valence-electron chi connectivity index (χ2n) is 10.5. The molecule has 5 rings (SSSR count). The van der Waals surface area contributed by atoms with Crippen LogP contribution in [0.3, 0.4) is 0 Å². The molecule has 0 aromatic heterocycles. The average molecular weight is 548 g/mol. The largest absolute Gasteiger partial charge is 0.497 e. The van der Waals surface area contributed by atoms with Gasteiger partial charge >= 0.3 is 0 Å². The summed E-state index contributed by atoms with van der Waals surface area (Å²) < 4.78 is 35.3. The zero-order chi connectivity index (χ0) is 28.3. The van der Waals surface area contributed by atoms with Crippen LogP contribution in [0.2, 0.25) is 0 Å². The molecule has 40 heavy (non-hydrogen) atoms. The SMILES string of the molecule is COc1ccc(CN(CC2OC3OC(C)(C)OC3C2OC)C(=O)C(c2ccccc2)c2ccccc2)c(OC)c1. The van der Waals surface area contributed by atoms with Gasteiger partial charge in [-0.25, -0.2) is 0 Å². The van der Waals surface area contributed by atoms with Crippen LogP contribution in [-0.4, -0.2) is 69.1 Å². The fourth-order valence-corrected chi connectivity index (χ4v) is 5.57. The first-order valence-electron chi connectivity index (χ1n) is 13.5. The summed E-state index contributed by atoms with van der Waals surface area (Å²) in [5, 5.41) is 0. The highest BCUT2D eigenvalue weighted by molar-refractivity contribution is 5.87. The fourth-order valence-electron chi connectivity index (χ4n) is 5.57. The maximum atomic E-state index is 14.6. The number of hydrogen-bond donors (Lipinski definition) is 0. The molecule has 1 amide bonds. The summed E-state index contributed by atoms with van der Waals surface area (Å²) in [4.78, 5) is 16.4. The lowest BCUT2D eigenvalue weighted by Gasteiger charge is -2.33. The van der Waals surface area contributed by atoms with E-state index in [4.69, 9.17) is 28.4 Å². The van der Waals surface area contributed by atoms with Crippen molar-refractivity contribution < 1.29 is 33.2 Å². The van der Waals surface area contributed by atoms with E-state index in [1.807, 2.05) is 97.6 Å². The Hall–Kier alpha value is -3.43. The number of rotatable bonds is 10. The second kappa shape index (κ2) is 12.0. The summed E-state index contributed by atoms with van der Waals surface area (Å²) >= 11 is 0. The van der Waals surface area contributed by atoms with Crippen molar-refractivity contribution in [3.05, 3.63) is 95.6 Å². The number of benzene rings is 3. The van der Waals surface area contributed by atoms with E-state index in [2.05, 4.69) is 0 Å². The van der Waals surface area contributed by atoms with Crippen molar-refractivity contribution in [1.82, 2.24) is 4.90 Å². The molecular weight excluding hydrogens is 510 g/mol. The topological polar surface area (TPSA) is 75.7 Å². The number of fused-ring (bicyclic) bond motifs is 1. The molecule has 4 atom stereocenters. The number of carbonyl (C=O) groups excluding carboxylic acids is 1. The number of carbonyl (C=O) groups is 1. The van der Waals surface area contributed by atoms with Gasteiger partial charge < -0.3 is 33.3 Å². The van der Waals surface area contributed by atoms with Crippen LogP contribution in [0.25, 0.3) is 0 Å². The summed E-state index contributed by atoms with van der Waals surface area (Å²) in [6.07, 6.45) is -1.84. The van der Waals surface area contributed by atoms with Crippen molar-refractivity contribution in [1.29, 1.82) is 0 Å². The quantitative estimate of drug-likeness (QED) is 0.362. The smallest absolute Gasteiger partial charge is 0.234 e. The van der Waals surface area contributed by atoms with E-state index in [-0.39, 0.29) is 12.5 Å². The zero-order valence-electron chi connectivity index (χ0n) is 23.6. The van der Waals surface area contributed by atoms with Gasteiger partial charge in [-0.2, -0.15) is 0 Å². The Balaban J connectivity index is 1.51. The molecule has 4 unspecified atom stereocenters. The van der Waals surface area contributed by atoms with Crippen LogP contribution < -0.4 is 9.47 Å². The second-order valence-corrected chi connectivity index (χ2v) is 10.5. The fraction of sp³-hybridized carbons (Fsp3) is 0.406. The first-order chi connectivity index (χ1) is 19.3. The molecule has 0 spiro atoms. The molecule has 2 fully saturated rings. The molecule has 2 saturated heterocycles. The molecule has 8 heteroatoms. The Labute approximate surface area is 235 Å². The van der Waals surface area contributed by atoms with Crippen LogP contribution in [0.4, 0.5) is 0 Å². The van der Waals surface area contributed by atoms with Crippen molar-refractivity contribution in [2.75, 3.05) is 27.9 Å². The first-order valence-corrected chi connectivity index (χ1v) is 13.5. The van der Waals surface area contributed by atoms with E-state index < -0.39 is 36.3 Å². The Morgan fingerprint density at radius 1 is 0.900 bits per heavy atom. The van der Waals surface area contributed by atoms with Crippen LogP contribution >= 0.6 is 0 Å². The third kappa shape index (κ3) is 5.86. The number of hydrogen-bond acceptors (Lipinski definition) is 7. The van der Waals surface area contributed by atoms with Crippen molar-refractivity contribution >= 4 is 5.91 Å². The summed E-state index contributed by atoms with van der Waals surface area (Å²) in [7, 11) is 4.85. The number of amides is 1. The summed E-state index contributed by atoms with van der Waals surface area (Å²) in [5.41, 5.74) is 2.66. The van der Waals surface area contributed by atoms with Crippen molar-refractivity contribution in [2.45, 2.75) is 56.7 Å². The summed E-state index contributed by atoms with van der Waals surface area (Å²) in [5.74, 6) is -0.0374. The standard InChI is InChI=1S/C32H37NO7/c1-32(2)39-29-28(37-5)26(38-31(29)40-32)20-33(19-23-16-17-24(35-3)18-25(23)36-4)30(34)27(21-12-8-6-9-13-21)22-14-10-7-11-15-22/h6-18,26-29,31H,19-20H2,1-5H3. The molecule has 0 aliphatic carbocycles. The van der Waals surface area contributed by atoms with Crippen LogP contribution in [0.5, 0.6) is 11.5 Å². The molecule has 0 radical (unpaired) electrons. The van der Waals surface area contributed by atoms with Crippen LogP contribution in [0.15, 0.2) is 78.9 Å². The lowest BCUT2D eigenvalue weighted by atomic mass is 9.89. The first kappa shape index (κ1) is 28.1. The molecule has 0 N–H and O–H groups in total. The highest BCUT2D eigenvalue weighted by atomic mass is 16.8. The van der Waals surface area contributed by atoms with E-state index in [1.54, 1.807) is 21.3 Å². The van der Waals surface area contributed by atoms with Gasteiger partial charge in [0.2, 0.25) is 5.91 Å². The van der Waals surface area contributed by atoms with Gasteiger partial charge in [-0.3, -0.25) is 4.79 Å². The number of methoxy groups -OCH3 is 3. The summed E-state index contributed by atoms with van der Waals surface area (Å²) in [6.45, 7) is 4.27. The Morgan fingerprint density at radius 2 is 1.55 bits per heavy atom. The van der Waals surface area contributed by atoms with Gasteiger partial charge in [-0.15, -0.1) is 0 Å².